The molecule has 0 radical (unpaired) electrons. The molecule has 0 aliphatic carbocycles. The van der Waals surface area contributed by atoms with Crippen molar-refractivity contribution < 1.29 is 0 Å². The zero-order valence-corrected chi connectivity index (χ0v) is 13.3. The van der Waals surface area contributed by atoms with Gasteiger partial charge in [-0.25, -0.2) is 0 Å². The first-order valence-corrected chi connectivity index (χ1v) is 7.88. The fourth-order valence-corrected chi connectivity index (χ4v) is 3.04. The second-order valence-electron chi connectivity index (χ2n) is 5.74. The summed E-state index contributed by atoms with van der Waals surface area (Å²) in [5.74, 6) is 1.14. The molecule has 1 N–H and O–H groups in total. The Morgan fingerprint density at radius 3 is 2.33 bits per heavy atom. The van der Waals surface area contributed by atoms with Crippen LogP contribution < -0.4 is 5.32 Å². The van der Waals surface area contributed by atoms with Crippen LogP contribution in [0.15, 0.2) is 54.7 Å². The molecule has 112 valence electrons. The van der Waals surface area contributed by atoms with Gasteiger partial charge in [0.25, 0.3) is 0 Å². The van der Waals surface area contributed by atoms with Gasteiger partial charge >= 0.3 is 0 Å². The molecular formula is C19H26N2. The molecule has 0 spiro atoms. The summed E-state index contributed by atoms with van der Waals surface area (Å²) >= 11 is 0. The van der Waals surface area contributed by atoms with E-state index in [-0.39, 0.29) is 0 Å². The lowest BCUT2D eigenvalue weighted by Crippen LogP contribution is -2.37. The maximum atomic E-state index is 4.49. The molecule has 1 aromatic carbocycles. The van der Waals surface area contributed by atoms with E-state index in [0.717, 1.165) is 12.1 Å². The Kier molecular flexibility index (Phi) is 5.94. The van der Waals surface area contributed by atoms with Crippen molar-refractivity contribution in [3.05, 3.63) is 66.0 Å². The Bertz CT molecular complexity index is 510. The predicted molar refractivity (Wildman–Crippen MR) is 89.4 cm³/mol. The topological polar surface area (TPSA) is 24.9 Å². The SMILES string of the molecule is CCC(C)C(c1ccccc1)C(Cc1ccccn1)NC. The van der Waals surface area contributed by atoms with E-state index in [4.69, 9.17) is 0 Å². The summed E-state index contributed by atoms with van der Waals surface area (Å²) in [6.45, 7) is 4.62. The van der Waals surface area contributed by atoms with Crippen molar-refractivity contribution in [3.63, 3.8) is 0 Å². The van der Waals surface area contributed by atoms with Crippen molar-refractivity contribution in [2.75, 3.05) is 7.05 Å². The standard InChI is InChI=1S/C19H26N2/c1-4-15(2)19(16-10-6-5-7-11-16)18(20-3)14-17-12-8-9-13-21-17/h5-13,15,18-20H,4,14H2,1-3H3. The number of nitrogens with one attached hydrogen (secondary N) is 1. The first-order valence-electron chi connectivity index (χ1n) is 7.88. The molecule has 0 aliphatic heterocycles. The van der Waals surface area contributed by atoms with Crippen LogP contribution in [0.4, 0.5) is 0 Å². The zero-order chi connectivity index (χ0) is 15.1. The van der Waals surface area contributed by atoms with Crippen molar-refractivity contribution in [2.45, 2.75) is 38.6 Å². The predicted octanol–water partition coefficient (Wildman–Crippen LogP) is 4.04. The Balaban J connectivity index is 2.25. The van der Waals surface area contributed by atoms with Crippen LogP contribution in [-0.2, 0) is 6.42 Å². The molecule has 0 fully saturated rings. The number of nitrogens with zero attached hydrogens (tertiary/aromatic N) is 1. The van der Waals surface area contributed by atoms with Crippen molar-refractivity contribution in [1.82, 2.24) is 10.3 Å². The molecule has 2 heteroatoms. The Hall–Kier alpha value is -1.67. The third-order valence-electron chi connectivity index (χ3n) is 4.40. The van der Waals surface area contributed by atoms with Crippen LogP contribution in [0.5, 0.6) is 0 Å². The summed E-state index contributed by atoms with van der Waals surface area (Å²) in [6.07, 6.45) is 4.02. The lowest BCUT2D eigenvalue weighted by Gasteiger charge is -2.32. The molecular weight excluding hydrogens is 256 g/mol. The minimum absolute atomic E-state index is 0.400. The van der Waals surface area contributed by atoms with E-state index in [1.54, 1.807) is 0 Å². The third kappa shape index (κ3) is 4.15. The summed E-state index contributed by atoms with van der Waals surface area (Å²) in [5.41, 5.74) is 2.57. The van der Waals surface area contributed by atoms with Crippen molar-refractivity contribution in [2.24, 2.45) is 5.92 Å². The average Bonchev–Trinajstić information content (AvgIpc) is 2.56. The minimum Gasteiger partial charge on any atom is -0.316 e. The van der Waals surface area contributed by atoms with Crippen molar-refractivity contribution in [3.8, 4) is 0 Å². The van der Waals surface area contributed by atoms with E-state index in [9.17, 15) is 0 Å². The first kappa shape index (κ1) is 15.7. The molecule has 0 bridgehead atoms. The van der Waals surface area contributed by atoms with Crippen LogP contribution in [0.1, 0.15) is 37.4 Å². The highest BCUT2D eigenvalue weighted by molar-refractivity contribution is 5.23. The Morgan fingerprint density at radius 1 is 1.05 bits per heavy atom. The molecule has 1 aromatic heterocycles. The number of aromatic nitrogens is 1. The summed E-state index contributed by atoms with van der Waals surface area (Å²) in [5, 5.41) is 3.52. The van der Waals surface area contributed by atoms with Gasteiger partial charge in [0.05, 0.1) is 0 Å². The lowest BCUT2D eigenvalue weighted by atomic mass is 9.78. The van der Waals surface area contributed by atoms with E-state index in [1.807, 2.05) is 12.3 Å². The minimum atomic E-state index is 0.400. The molecule has 3 unspecified atom stereocenters. The van der Waals surface area contributed by atoms with E-state index >= 15 is 0 Å². The second kappa shape index (κ2) is 7.94. The van der Waals surface area contributed by atoms with Crippen LogP contribution in [0.3, 0.4) is 0 Å². The molecule has 21 heavy (non-hydrogen) atoms. The smallest absolute Gasteiger partial charge is 0.0419 e. The normalized spacial score (nSPS) is 15.4. The molecule has 0 saturated heterocycles. The van der Waals surface area contributed by atoms with E-state index in [0.29, 0.717) is 17.9 Å². The number of hydrogen-bond donors (Lipinski definition) is 1. The highest BCUT2D eigenvalue weighted by Gasteiger charge is 2.26. The number of hydrogen-bond acceptors (Lipinski definition) is 2. The lowest BCUT2D eigenvalue weighted by molar-refractivity contribution is 0.344. The number of pyridine rings is 1. The van der Waals surface area contributed by atoms with Crippen LogP contribution in [0.25, 0.3) is 0 Å². The van der Waals surface area contributed by atoms with E-state index in [1.165, 1.54) is 12.0 Å². The molecule has 2 nitrogen and oxygen atoms in total. The monoisotopic (exact) mass is 282 g/mol. The van der Waals surface area contributed by atoms with E-state index in [2.05, 4.69) is 73.7 Å². The van der Waals surface area contributed by atoms with Gasteiger partial charge in [-0.3, -0.25) is 4.98 Å². The van der Waals surface area contributed by atoms with Crippen LogP contribution in [0, 0.1) is 5.92 Å². The highest BCUT2D eigenvalue weighted by Crippen LogP contribution is 2.31. The van der Waals surface area contributed by atoms with Crippen LogP contribution in [-0.4, -0.2) is 18.1 Å². The molecule has 0 saturated carbocycles. The summed E-state index contributed by atoms with van der Waals surface area (Å²) in [4.78, 5) is 4.49. The number of likely N-dealkylation sites (N-methyl/N-ethyl adjacent to an activating group) is 1. The quantitative estimate of drug-likeness (QED) is 0.829. The molecule has 2 rings (SSSR count). The van der Waals surface area contributed by atoms with Crippen molar-refractivity contribution in [1.29, 1.82) is 0 Å². The fourth-order valence-electron chi connectivity index (χ4n) is 3.04. The molecule has 0 amide bonds. The average molecular weight is 282 g/mol. The fraction of sp³-hybridized carbons (Fsp3) is 0.421. The third-order valence-corrected chi connectivity index (χ3v) is 4.40. The van der Waals surface area contributed by atoms with Gasteiger partial charge in [0.15, 0.2) is 0 Å². The molecule has 2 aromatic rings. The van der Waals surface area contributed by atoms with E-state index < -0.39 is 0 Å². The highest BCUT2D eigenvalue weighted by atomic mass is 14.9. The van der Waals surface area contributed by atoms with Gasteiger partial charge in [-0.2, -0.15) is 0 Å². The van der Waals surface area contributed by atoms with Gasteiger partial charge in [0.2, 0.25) is 0 Å². The van der Waals surface area contributed by atoms with Gasteiger partial charge in [0.1, 0.15) is 0 Å². The largest absolute Gasteiger partial charge is 0.316 e. The summed E-state index contributed by atoms with van der Waals surface area (Å²) in [7, 11) is 2.06. The van der Waals surface area contributed by atoms with Crippen LogP contribution >= 0.6 is 0 Å². The maximum Gasteiger partial charge on any atom is 0.0419 e. The first-order chi connectivity index (χ1) is 10.3. The molecule has 3 atom stereocenters. The van der Waals surface area contributed by atoms with Gasteiger partial charge in [-0.1, -0.05) is 56.7 Å². The summed E-state index contributed by atoms with van der Waals surface area (Å²) in [6, 6.07) is 17.4. The van der Waals surface area contributed by atoms with Gasteiger partial charge in [-0.05, 0) is 30.7 Å². The Labute approximate surface area is 128 Å². The molecule has 1 heterocycles. The molecule has 0 aliphatic rings. The summed E-state index contributed by atoms with van der Waals surface area (Å²) < 4.78 is 0. The van der Waals surface area contributed by atoms with Crippen LogP contribution in [0.2, 0.25) is 0 Å². The zero-order valence-electron chi connectivity index (χ0n) is 13.3. The van der Waals surface area contributed by atoms with Gasteiger partial charge < -0.3 is 5.32 Å². The van der Waals surface area contributed by atoms with Crippen molar-refractivity contribution >= 4 is 0 Å². The number of rotatable bonds is 7. The number of benzene rings is 1. The van der Waals surface area contributed by atoms with Gasteiger partial charge in [-0.15, -0.1) is 0 Å². The van der Waals surface area contributed by atoms with Gasteiger partial charge in [0, 0.05) is 30.3 Å². The second-order valence-corrected chi connectivity index (χ2v) is 5.74. The Morgan fingerprint density at radius 2 is 1.76 bits per heavy atom. The maximum absolute atomic E-state index is 4.49.